The first kappa shape index (κ1) is 16.7. The quantitative estimate of drug-likeness (QED) is 0.587. The Bertz CT molecular complexity index is 639. The molecule has 1 amide bonds. The van der Waals surface area contributed by atoms with Crippen LogP contribution in [0.4, 0.5) is 0 Å². The molecule has 1 aliphatic heterocycles. The maximum Gasteiger partial charge on any atom is 0.242 e. The van der Waals surface area contributed by atoms with Gasteiger partial charge in [0.05, 0.1) is 4.47 Å². The van der Waals surface area contributed by atoms with Crippen LogP contribution in [0.15, 0.2) is 21.6 Å². The average Bonchev–Trinajstić information content (AvgIpc) is 2.83. The highest BCUT2D eigenvalue weighted by Gasteiger charge is 2.20. The van der Waals surface area contributed by atoms with Gasteiger partial charge in [0.25, 0.3) is 0 Å². The van der Waals surface area contributed by atoms with Crippen molar-refractivity contribution in [2.75, 3.05) is 19.6 Å². The van der Waals surface area contributed by atoms with Crippen LogP contribution < -0.4 is 4.72 Å². The van der Waals surface area contributed by atoms with E-state index in [0.717, 1.165) is 13.0 Å². The molecule has 0 aromatic carbocycles. The Hall–Kier alpha value is -0.700. The summed E-state index contributed by atoms with van der Waals surface area (Å²) >= 11 is 8.87. The number of sulfonamides is 1. The van der Waals surface area contributed by atoms with Gasteiger partial charge in [-0.1, -0.05) is 11.6 Å². The Kier molecular flexibility index (Phi) is 5.59. The number of likely N-dealkylation sites (tertiary alicyclic amines) is 1. The Morgan fingerprint density at radius 1 is 1.48 bits per heavy atom. The van der Waals surface area contributed by atoms with Crippen molar-refractivity contribution in [2.24, 2.45) is 0 Å². The predicted octanol–water partition coefficient (Wildman–Crippen LogP) is 1.79. The van der Waals surface area contributed by atoms with Crippen molar-refractivity contribution in [3.63, 3.8) is 0 Å². The number of nitrogens with zero attached hydrogens (tertiary/aromatic N) is 2. The van der Waals surface area contributed by atoms with E-state index in [0.29, 0.717) is 23.9 Å². The molecule has 21 heavy (non-hydrogen) atoms. The summed E-state index contributed by atoms with van der Waals surface area (Å²) in [5.74, 6) is 0.142. The summed E-state index contributed by atoms with van der Waals surface area (Å²) in [5.41, 5.74) is 0. The topological polar surface area (TPSA) is 79.4 Å². The van der Waals surface area contributed by atoms with E-state index in [1.165, 1.54) is 12.3 Å². The molecule has 6 nitrogen and oxygen atoms in total. The largest absolute Gasteiger partial charge is 0.343 e. The molecule has 0 radical (unpaired) electrons. The van der Waals surface area contributed by atoms with Crippen molar-refractivity contribution in [1.29, 1.82) is 0 Å². The first-order valence-corrected chi connectivity index (χ1v) is 9.14. The van der Waals surface area contributed by atoms with E-state index < -0.39 is 10.0 Å². The van der Waals surface area contributed by atoms with E-state index in [2.05, 4.69) is 25.6 Å². The zero-order valence-corrected chi connectivity index (χ0v) is 14.3. The summed E-state index contributed by atoms with van der Waals surface area (Å²) in [6.07, 6.45) is 3.26. The van der Waals surface area contributed by atoms with Crippen LogP contribution in [-0.2, 0) is 14.8 Å². The maximum absolute atomic E-state index is 12.1. The molecule has 1 aromatic heterocycles. The van der Waals surface area contributed by atoms with Crippen LogP contribution in [0.5, 0.6) is 0 Å². The molecule has 1 aliphatic rings. The zero-order chi connectivity index (χ0) is 15.5. The van der Waals surface area contributed by atoms with Gasteiger partial charge in [0.15, 0.2) is 0 Å². The highest BCUT2D eigenvalue weighted by atomic mass is 79.9. The fourth-order valence-corrected chi connectivity index (χ4v) is 3.70. The van der Waals surface area contributed by atoms with Crippen molar-refractivity contribution in [3.05, 3.63) is 21.9 Å². The highest BCUT2D eigenvalue weighted by molar-refractivity contribution is 9.10. The number of amides is 1. The van der Waals surface area contributed by atoms with Crippen LogP contribution >= 0.6 is 27.5 Å². The number of hydrogen-bond donors (Lipinski definition) is 1. The first-order chi connectivity index (χ1) is 9.90. The molecule has 0 aliphatic carbocycles. The lowest BCUT2D eigenvalue weighted by atomic mass is 10.4. The summed E-state index contributed by atoms with van der Waals surface area (Å²) in [7, 11) is -3.61. The van der Waals surface area contributed by atoms with Crippen molar-refractivity contribution >= 4 is 43.5 Å². The minimum absolute atomic E-state index is 0.0519. The second kappa shape index (κ2) is 7.04. The van der Waals surface area contributed by atoms with Crippen LogP contribution in [0.25, 0.3) is 0 Å². The third-order valence-corrected chi connectivity index (χ3v) is 5.71. The summed E-state index contributed by atoms with van der Waals surface area (Å²) < 4.78 is 27.0. The predicted molar refractivity (Wildman–Crippen MR) is 82.6 cm³/mol. The number of carbonyl (C=O) groups excluding carboxylic acids is 1. The van der Waals surface area contributed by atoms with E-state index >= 15 is 0 Å². The van der Waals surface area contributed by atoms with Crippen molar-refractivity contribution in [2.45, 2.75) is 24.2 Å². The minimum Gasteiger partial charge on any atom is -0.343 e. The molecular formula is C12H15BrClN3O3S. The molecule has 0 spiro atoms. The SMILES string of the molecule is O=C1CCCN1CCCNS(=O)(=O)c1cnc(Cl)c(Br)c1. The van der Waals surface area contributed by atoms with Crippen LogP contribution in [0, 0.1) is 0 Å². The van der Waals surface area contributed by atoms with Gasteiger partial charge in [-0.25, -0.2) is 18.1 Å². The van der Waals surface area contributed by atoms with E-state index in [1.54, 1.807) is 4.90 Å². The normalized spacial score (nSPS) is 15.7. The number of rotatable bonds is 6. The fraction of sp³-hybridized carbons (Fsp3) is 0.500. The van der Waals surface area contributed by atoms with Crippen molar-refractivity contribution < 1.29 is 13.2 Å². The third-order valence-electron chi connectivity index (χ3n) is 3.15. The molecule has 1 fully saturated rings. The van der Waals surface area contributed by atoms with Gasteiger partial charge in [0.1, 0.15) is 10.0 Å². The van der Waals surface area contributed by atoms with Gasteiger partial charge >= 0.3 is 0 Å². The maximum atomic E-state index is 12.1. The van der Waals surface area contributed by atoms with Gasteiger partial charge in [0.2, 0.25) is 15.9 Å². The van der Waals surface area contributed by atoms with Crippen molar-refractivity contribution in [1.82, 2.24) is 14.6 Å². The number of pyridine rings is 1. The number of aromatic nitrogens is 1. The standard InChI is InChI=1S/C12H15BrClN3O3S/c13-10-7-9(8-15-12(10)14)21(19,20)16-4-2-6-17-5-1-3-11(17)18/h7-8,16H,1-6H2. The molecule has 0 bridgehead atoms. The average molecular weight is 397 g/mol. The zero-order valence-electron chi connectivity index (χ0n) is 11.2. The Morgan fingerprint density at radius 2 is 2.24 bits per heavy atom. The highest BCUT2D eigenvalue weighted by Crippen LogP contribution is 2.22. The van der Waals surface area contributed by atoms with E-state index in [4.69, 9.17) is 11.6 Å². The summed E-state index contributed by atoms with van der Waals surface area (Å²) in [6.45, 7) is 1.61. The Balaban J connectivity index is 1.86. The van der Waals surface area contributed by atoms with E-state index in [-0.39, 0.29) is 22.5 Å². The number of carbonyl (C=O) groups is 1. The second-order valence-electron chi connectivity index (χ2n) is 4.68. The molecule has 0 saturated carbocycles. The van der Waals surface area contributed by atoms with Crippen LogP contribution in [0.3, 0.4) is 0 Å². The van der Waals surface area contributed by atoms with Gasteiger partial charge in [-0.3, -0.25) is 4.79 Å². The van der Waals surface area contributed by atoms with Crippen LogP contribution in [0.2, 0.25) is 5.15 Å². The molecule has 2 rings (SSSR count). The Labute approximate surface area is 137 Å². The molecule has 0 atom stereocenters. The van der Waals surface area contributed by atoms with Gasteiger partial charge in [-0.15, -0.1) is 0 Å². The molecule has 116 valence electrons. The molecule has 1 aromatic rings. The number of nitrogens with one attached hydrogen (secondary N) is 1. The fourth-order valence-electron chi connectivity index (χ4n) is 2.05. The van der Waals surface area contributed by atoms with E-state index in [9.17, 15) is 13.2 Å². The lowest BCUT2D eigenvalue weighted by Crippen LogP contribution is -2.30. The van der Waals surface area contributed by atoms with Gasteiger partial charge < -0.3 is 4.90 Å². The molecule has 2 heterocycles. The molecule has 1 saturated heterocycles. The summed E-state index contributed by atoms with van der Waals surface area (Å²) in [4.78, 5) is 17.0. The van der Waals surface area contributed by atoms with Gasteiger partial charge in [0, 0.05) is 32.3 Å². The lowest BCUT2D eigenvalue weighted by Gasteiger charge is -2.15. The van der Waals surface area contributed by atoms with Gasteiger partial charge in [-0.2, -0.15) is 0 Å². The molecule has 0 unspecified atom stereocenters. The Morgan fingerprint density at radius 3 is 2.86 bits per heavy atom. The van der Waals surface area contributed by atoms with Gasteiger partial charge in [-0.05, 0) is 34.8 Å². The lowest BCUT2D eigenvalue weighted by molar-refractivity contribution is -0.127. The smallest absolute Gasteiger partial charge is 0.242 e. The summed E-state index contributed by atoms with van der Waals surface area (Å²) in [5, 5.41) is 0.210. The molecule has 9 heteroatoms. The first-order valence-electron chi connectivity index (χ1n) is 6.48. The molecular weight excluding hydrogens is 382 g/mol. The van der Waals surface area contributed by atoms with Crippen molar-refractivity contribution in [3.8, 4) is 0 Å². The third kappa shape index (κ3) is 4.38. The second-order valence-corrected chi connectivity index (χ2v) is 7.66. The van der Waals surface area contributed by atoms with E-state index in [1.807, 2.05) is 0 Å². The minimum atomic E-state index is -3.61. The number of hydrogen-bond acceptors (Lipinski definition) is 4. The number of halogens is 2. The van der Waals surface area contributed by atoms with Crippen LogP contribution in [-0.4, -0.2) is 43.8 Å². The summed E-state index contributed by atoms with van der Waals surface area (Å²) in [6, 6.07) is 1.40. The van der Waals surface area contributed by atoms with Crippen LogP contribution in [0.1, 0.15) is 19.3 Å². The molecule has 1 N–H and O–H groups in total. The monoisotopic (exact) mass is 395 g/mol.